The van der Waals surface area contributed by atoms with Crippen molar-refractivity contribution in [3.05, 3.63) is 0 Å². The van der Waals surface area contributed by atoms with Gasteiger partial charge in [0.1, 0.15) is 0 Å². The second-order valence-electron chi connectivity index (χ2n) is 1.65. The zero-order valence-electron chi connectivity index (χ0n) is 8.48. The molecule has 0 N–H and O–H groups in total. The Morgan fingerprint density at radius 3 is 0.842 bits per heavy atom. The molecule has 0 saturated heterocycles. The van der Waals surface area contributed by atoms with Crippen LogP contribution in [0.1, 0.15) is 0 Å². The molecule has 17 heteroatoms. The summed E-state index contributed by atoms with van der Waals surface area (Å²) in [5.74, 6) is 0. The van der Waals surface area contributed by atoms with Crippen molar-refractivity contribution < 1.29 is 76.0 Å². The smallest absolute Gasteiger partial charge is 0.566 e. The third-order valence-electron chi connectivity index (χ3n) is 0.632. The van der Waals surface area contributed by atoms with Gasteiger partial charge in [-0.15, -0.1) is 18.1 Å². The Bertz CT molecular complexity index is 248. The van der Waals surface area contributed by atoms with Crippen LogP contribution in [0.3, 0.4) is 0 Å². The van der Waals surface area contributed by atoms with E-state index in [1.165, 1.54) is 0 Å². The van der Waals surface area contributed by atoms with Crippen molar-refractivity contribution >= 4 is 33.0 Å². The summed E-state index contributed by atoms with van der Waals surface area (Å²) in [5.41, 5.74) is 0. The molecule has 0 aromatic rings. The molecule has 0 aliphatic heterocycles. The molecule has 0 aromatic carbocycles. The number of rotatable bonds is 8. The quantitative estimate of drug-likeness (QED) is 0.297. The van der Waals surface area contributed by atoms with Gasteiger partial charge in [0, 0.05) is 0 Å². The summed E-state index contributed by atoms with van der Waals surface area (Å²) in [6.45, 7) is -1.56. The molecule has 0 rings (SSSR count). The van der Waals surface area contributed by atoms with Crippen LogP contribution in [0.5, 0.6) is 0 Å². The largest absolute Gasteiger partial charge is 4.00 e. The van der Waals surface area contributed by atoms with Crippen molar-refractivity contribution in [2.24, 2.45) is 0 Å². The third kappa shape index (κ3) is 32.3. The Morgan fingerprint density at radius 1 is 0.579 bits per heavy atom. The van der Waals surface area contributed by atoms with E-state index < -0.39 is 46.6 Å². The van der Waals surface area contributed by atoms with Crippen LogP contribution in [-0.4, -0.2) is 13.6 Å². The Kier molecular flexibility index (Phi) is 21.8. The van der Waals surface area contributed by atoms with Crippen LogP contribution in [0.15, 0.2) is 0 Å². The Morgan fingerprint density at radius 2 is 0.737 bits per heavy atom. The normalized spacial score (nSPS) is 12.4. The molecule has 19 heavy (non-hydrogen) atoms. The van der Waals surface area contributed by atoms with Gasteiger partial charge in [-0.3, -0.25) is 0 Å². The Hall–Kier alpha value is 0.729. The average molecular weight is 442 g/mol. The second kappa shape index (κ2) is 16.8. The van der Waals surface area contributed by atoms with Crippen LogP contribution in [0.25, 0.3) is 0 Å². The van der Waals surface area contributed by atoms with E-state index in [0.717, 1.165) is 0 Å². The first kappa shape index (κ1) is 24.7. The van der Waals surface area contributed by atoms with E-state index in [9.17, 15) is 37.8 Å². The van der Waals surface area contributed by atoms with E-state index in [-0.39, 0.29) is 20.1 Å². The van der Waals surface area contributed by atoms with Crippen molar-refractivity contribution in [2.45, 2.75) is 0 Å². The summed E-state index contributed by atoms with van der Waals surface area (Å²) >= 11 is 0. The number of hydrogen-bond donors (Lipinski definition) is 0. The molecule has 0 aromatic heterocycles. The predicted molar refractivity (Wildman–Crippen MR) is 44.5 cm³/mol. The van der Waals surface area contributed by atoms with Gasteiger partial charge in [0.25, 0.3) is 13.6 Å². The molecule has 4 unspecified atom stereocenters. The SMILES string of the molecule is O=[P+]([O-])OCO[P+](=O)[O-].O=[P+]([O-])OCO[P+](=O)[O-].[Tc+4]. The average Bonchev–Trinajstić information content (AvgIpc) is 2.15. The number of hydrogen-bond acceptors (Lipinski definition) is 12. The maximum Gasteiger partial charge on any atom is 4.00 e. The van der Waals surface area contributed by atoms with Crippen LogP contribution in [-0.2, 0) is 56.5 Å². The van der Waals surface area contributed by atoms with E-state index in [1.54, 1.807) is 0 Å². The molecule has 0 bridgehead atoms. The van der Waals surface area contributed by atoms with Crippen molar-refractivity contribution in [1.29, 1.82) is 0 Å². The van der Waals surface area contributed by atoms with Crippen molar-refractivity contribution in [2.75, 3.05) is 13.6 Å². The zero-order chi connectivity index (χ0) is 14.6. The molecule has 0 spiro atoms. The van der Waals surface area contributed by atoms with Crippen LogP contribution in [0.4, 0.5) is 0 Å². The monoisotopic (exact) mass is 441 g/mol. The summed E-state index contributed by atoms with van der Waals surface area (Å²) in [7, 11) is -12.1. The summed E-state index contributed by atoms with van der Waals surface area (Å²) < 4.78 is 52.9. The van der Waals surface area contributed by atoms with Crippen LogP contribution in [0, 0.1) is 0 Å². The molecule has 0 amide bonds. The molecule has 0 heterocycles. The van der Waals surface area contributed by atoms with Gasteiger partial charge >= 0.3 is 53.1 Å². The van der Waals surface area contributed by atoms with Crippen molar-refractivity contribution in [3.8, 4) is 0 Å². The topological polar surface area (TPSA) is 197 Å². The first-order valence-electron chi connectivity index (χ1n) is 3.35. The minimum atomic E-state index is -3.02. The zero-order valence-corrected chi connectivity index (χ0v) is 13.9. The maximum absolute atomic E-state index is 9.52. The molecule has 0 aliphatic carbocycles. The van der Waals surface area contributed by atoms with E-state index in [4.69, 9.17) is 0 Å². The molecule has 0 fully saturated rings. The fourth-order valence-electron chi connectivity index (χ4n) is 0.219. The van der Waals surface area contributed by atoms with Crippen LogP contribution in [0.2, 0.25) is 0 Å². The Labute approximate surface area is 123 Å². The van der Waals surface area contributed by atoms with Crippen molar-refractivity contribution in [1.82, 2.24) is 0 Å². The van der Waals surface area contributed by atoms with Gasteiger partial charge in [0.15, 0.2) is 0 Å². The molecule has 4 atom stereocenters. The van der Waals surface area contributed by atoms with Crippen molar-refractivity contribution in [3.63, 3.8) is 0 Å². The predicted octanol–water partition coefficient (Wildman–Crippen LogP) is -1.98. The van der Waals surface area contributed by atoms with Gasteiger partial charge in [-0.25, -0.2) is 0 Å². The van der Waals surface area contributed by atoms with Crippen LogP contribution < -0.4 is 19.6 Å². The van der Waals surface area contributed by atoms with E-state index in [0.29, 0.717) is 0 Å². The van der Waals surface area contributed by atoms with Gasteiger partial charge in [-0.1, -0.05) is 0 Å². The van der Waals surface area contributed by atoms with Gasteiger partial charge in [0.2, 0.25) is 0 Å². The summed E-state index contributed by atoms with van der Waals surface area (Å²) in [4.78, 5) is 38.1. The molecular weight excluding hydrogens is 438 g/mol. The van der Waals surface area contributed by atoms with Gasteiger partial charge < -0.3 is 19.6 Å². The van der Waals surface area contributed by atoms with Gasteiger partial charge in [-0.2, -0.15) is 0 Å². The second-order valence-corrected chi connectivity index (χ2v) is 4.47. The van der Waals surface area contributed by atoms with Gasteiger partial charge in [0.05, 0.1) is 0 Å². The maximum atomic E-state index is 9.52. The summed E-state index contributed by atoms with van der Waals surface area (Å²) in [5, 5.41) is 0. The fraction of sp³-hybridized carbons (Fsp3) is 1.00. The molecule has 0 saturated carbocycles. The van der Waals surface area contributed by atoms with Crippen LogP contribution >= 0.6 is 33.0 Å². The molecule has 0 aliphatic rings. The molecule has 12 nitrogen and oxygen atoms in total. The minimum Gasteiger partial charge on any atom is -0.566 e. The molecular formula is C2H4O12P4Tc+4. The van der Waals surface area contributed by atoms with Gasteiger partial charge in [-0.05, 0) is 18.3 Å². The third-order valence-corrected chi connectivity index (χ3v) is 1.90. The van der Waals surface area contributed by atoms with E-state index in [1.807, 2.05) is 0 Å². The first-order valence-corrected chi connectivity index (χ1v) is 7.73. The molecule has 1 radical (unpaired) electrons. The molecule has 107 valence electrons. The van der Waals surface area contributed by atoms with E-state index in [2.05, 4.69) is 18.1 Å². The summed E-state index contributed by atoms with van der Waals surface area (Å²) in [6, 6.07) is 0. The van der Waals surface area contributed by atoms with E-state index >= 15 is 0 Å². The fourth-order valence-corrected chi connectivity index (χ4v) is 0.941. The minimum absolute atomic E-state index is 0. The standard InChI is InChI=1S/2CH2O6P2.Tc/c2*2-8(3)6-1-7-9(4)5;/h2*1H2;/q;;+4. The summed E-state index contributed by atoms with van der Waals surface area (Å²) in [6.07, 6.45) is 0. The Balaban J connectivity index is -0.000000256. The first-order chi connectivity index (χ1) is 8.25.